The van der Waals surface area contributed by atoms with Crippen LogP contribution >= 0.6 is 24.8 Å². The van der Waals surface area contributed by atoms with Crippen molar-refractivity contribution >= 4 is 36.4 Å². The molecular weight excluding hydrogens is 417 g/mol. The average molecular weight is 459 g/mol. The summed E-state index contributed by atoms with van der Waals surface area (Å²) in [6, 6.07) is 9.34. The first kappa shape index (κ1) is 27.1. The van der Waals surface area contributed by atoms with Crippen LogP contribution in [0.5, 0.6) is 0 Å². The number of hydrogen-bond donors (Lipinski definition) is 2. The predicted octanol–water partition coefficient (Wildman–Crippen LogP) is 4.94. The molecule has 2 unspecified atom stereocenters. The van der Waals surface area contributed by atoms with E-state index in [4.69, 9.17) is 0 Å². The second-order valence-corrected chi connectivity index (χ2v) is 9.91. The van der Waals surface area contributed by atoms with Crippen molar-refractivity contribution in [2.45, 2.75) is 71.3 Å². The minimum absolute atomic E-state index is 0. The zero-order valence-corrected chi connectivity index (χ0v) is 20.7. The number of hydrogen-bond acceptors (Lipinski definition) is 3. The smallest absolute Gasteiger partial charge is 0.220 e. The molecule has 3 rings (SSSR count). The highest BCUT2D eigenvalue weighted by atomic mass is 35.5. The van der Waals surface area contributed by atoms with Gasteiger partial charge in [0, 0.05) is 31.2 Å². The van der Waals surface area contributed by atoms with Gasteiger partial charge in [-0.1, -0.05) is 39.8 Å². The van der Waals surface area contributed by atoms with E-state index in [9.17, 15) is 4.79 Å². The topological polar surface area (TPSA) is 44.4 Å². The number of carbonyl (C=O) groups excluding carboxylic acids is 1. The summed E-state index contributed by atoms with van der Waals surface area (Å²) in [4.78, 5) is 15.0. The van der Waals surface area contributed by atoms with E-state index in [0.29, 0.717) is 24.3 Å². The van der Waals surface area contributed by atoms with E-state index < -0.39 is 0 Å². The van der Waals surface area contributed by atoms with Gasteiger partial charge in [0.2, 0.25) is 5.91 Å². The first-order chi connectivity index (χ1) is 13.3. The highest BCUT2D eigenvalue weighted by Gasteiger charge is 2.25. The molecular formula is C24H41Cl2N3O. The van der Waals surface area contributed by atoms with Gasteiger partial charge in [0.1, 0.15) is 0 Å². The fourth-order valence-electron chi connectivity index (χ4n) is 4.56. The summed E-state index contributed by atoms with van der Waals surface area (Å²) in [5, 5.41) is 6.77. The summed E-state index contributed by atoms with van der Waals surface area (Å²) in [5.41, 5.74) is 2.87. The van der Waals surface area contributed by atoms with Crippen LogP contribution in [0.15, 0.2) is 24.3 Å². The third-order valence-electron chi connectivity index (χ3n) is 6.61. The first-order valence-electron chi connectivity index (χ1n) is 11.2. The third-order valence-corrected chi connectivity index (χ3v) is 6.61. The van der Waals surface area contributed by atoms with Crippen LogP contribution in [0.25, 0.3) is 0 Å². The quantitative estimate of drug-likeness (QED) is 0.657. The van der Waals surface area contributed by atoms with Crippen molar-refractivity contribution in [2.75, 3.05) is 31.1 Å². The van der Waals surface area contributed by atoms with E-state index in [1.807, 2.05) is 0 Å². The van der Waals surface area contributed by atoms with E-state index in [-0.39, 0.29) is 36.1 Å². The number of piperidine rings is 2. The third kappa shape index (κ3) is 7.62. The maximum absolute atomic E-state index is 12.5. The zero-order valence-electron chi connectivity index (χ0n) is 19.1. The van der Waals surface area contributed by atoms with Crippen molar-refractivity contribution < 1.29 is 4.79 Å². The lowest BCUT2D eigenvalue weighted by molar-refractivity contribution is -0.123. The summed E-state index contributed by atoms with van der Waals surface area (Å²) < 4.78 is 0. The minimum atomic E-state index is 0. The summed E-state index contributed by atoms with van der Waals surface area (Å²) >= 11 is 0. The van der Waals surface area contributed by atoms with Gasteiger partial charge in [0.05, 0.1) is 0 Å². The van der Waals surface area contributed by atoms with Crippen LogP contribution in [0.3, 0.4) is 0 Å². The van der Waals surface area contributed by atoms with Crippen LogP contribution in [0, 0.1) is 11.8 Å². The molecule has 2 saturated heterocycles. The molecule has 2 heterocycles. The number of rotatable bonds is 5. The van der Waals surface area contributed by atoms with Crippen molar-refractivity contribution in [1.29, 1.82) is 0 Å². The molecule has 0 aliphatic carbocycles. The molecule has 0 radical (unpaired) electrons. The lowest BCUT2D eigenvalue weighted by Crippen LogP contribution is -2.45. The second kappa shape index (κ2) is 12.2. The summed E-state index contributed by atoms with van der Waals surface area (Å²) in [5.74, 6) is 1.36. The molecule has 0 spiro atoms. The van der Waals surface area contributed by atoms with Gasteiger partial charge in [0.25, 0.3) is 0 Å². The van der Waals surface area contributed by atoms with Crippen LogP contribution in [-0.2, 0) is 10.2 Å². The Morgan fingerprint density at radius 1 is 1.13 bits per heavy atom. The Morgan fingerprint density at radius 2 is 1.77 bits per heavy atom. The van der Waals surface area contributed by atoms with E-state index in [1.54, 1.807) is 0 Å². The van der Waals surface area contributed by atoms with E-state index in [0.717, 1.165) is 39.0 Å². The van der Waals surface area contributed by atoms with Gasteiger partial charge in [-0.05, 0) is 73.7 Å². The highest BCUT2D eigenvalue weighted by molar-refractivity contribution is 5.85. The van der Waals surface area contributed by atoms with Gasteiger partial charge in [-0.2, -0.15) is 0 Å². The van der Waals surface area contributed by atoms with E-state index in [2.05, 4.69) is 67.5 Å². The normalized spacial score (nSPS) is 21.2. The van der Waals surface area contributed by atoms with Crippen molar-refractivity contribution in [2.24, 2.45) is 11.8 Å². The van der Waals surface area contributed by atoms with Crippen LogP contribution in [0.2, 0.25) is 0 Å². The van der Waals surface area contributed by atoms with Gasteiger partial charge in [-0.15, -0.1) is 24.8 Å². The molecule has 1 amide bonds. The summed E-state index contributed by atoms with van der Waals surface area (Å²) in [6.45, 7) is 13.2. The maximum Gasteiger partial charge on any atom is 0.220 e. The number of halogens is 2. The summed E-state index contributed by atoms with van der Waals surface area (Å²) in [7, 11) is 0. The molecule has 4 nitrogen and oxygen atoms in total. The second-order valence-electron chi connectivity index (χ2n) is 9.91. The Hall–Kier alpha value is -0.970. The molecule has 0 saturated carbocycles. The lowest BCUT2D eigenvalue weighted by Gasteiger charge is -2.35. The van der Waals surface area contributed by atoms with Gasteiger partial charge >= 0.3 is 0 Å². The Labute approximate surface area is 195 Å². The molecule has 6 heteroatoms. The Kier molecular flexibility index (Phi) is 11.0. The van der Waals surface area contributed by atoms with Gasteiger partial charge < -0.3 is 15.5 Å². The van der Waals surface area contributed by atoms with Gasteiger partial charge in [-0.3, -0.25) is 4.79 Å². The van der Waals surface area contributed by atoms with Crippen molar-refractivity contribution in [3.63, 3.8) is 0 Å². The molecule has 1 aromatic rings. The fraction of sp³-hybridized carbons (Fsp3) is 0.708. The largest absolute Gasteiger partial charge is 0.371 e. The molecule has 30 heavy (non-hydrogen) atoms. The van der Waals surface area contributed by atoms with Crippen LogP contribution in [-0.4, -0.2) is 38.1 Å². The first-order valence-corrected chi connectivity index (χ1v) is 11.2. The van der Waals surface area contributed by atoms with E-state index >= 15 is 0 Å². The SMILES string of the molecule is CC(CC(=O)NC1CCN(c2ccc(C(C)(C)C)cc2)CC1)C1CCCNC1.Cl.Cl. The Morgan fingerprint density at radius 3 is 2.30 bits per heavy atom. The highest BCUT2D eigenvalue weighted by Crippen LogP contribution is 2.27. The molecule has 2 atom stereocenters. The van der Waals surface area contributed by atoms with Crippen LogP contribution in [0.1, 0.15) is 65.4 Å². The molecule has 2 aliphatic heterocycles. The molecule has 2 fully saturated rings. The molecule has 2 N–H and O–H groups in total. The van der Waals surface area contributed by atoms with Crippen molar-refractivity contribution in [3.05, 3.63) is 29.8 Å². The van der Waals surface area contributed by atoms with Crippen molar-refractivity contribution in [1.82, 2.24) is 10.6 Å². The summed E-state index contributed by atoms with van der Waals surface area (Å²) in [6.07, 6.45) is 5.23. The van der Waals surface area contributed by atoms with Crippen molar-refractivity contribution in [3.8, 4) is 0 Å². The number of benzene rings is 1. The lowest BCUT2D eigenvalue weighted by atomic mass is 9.85. The number of anilines is 1. The van der Waals surface area contributed by atoms with Gasteiger partial charge in [0.15, 0.2) is 0 Å². The van der Waals surface area contributed by atoms with Gasteiger partial charge in [-0.25, -0.2) is 0 Å². The number of nitrogens with zero attached hydrogens (tertiary/aromatic N) is 1. The van der Waals surface area contributed by atoms with Crippen LogP contribution < -0.4 is 15.5 Å². The Balaban J connectivity index is 0.00000225. The average Bonchev–Trinajstić information content (AvgIpc) is 2.68. The zero-order chi connectivity index (χ0) is 20.1. The predicted molar refractivity (Wildman–Crippen MR) is 132 cm³/mol. The number of amides is 1. The number of nitrogens with one attached hydrogen (secondary N) is 2. The molecule has 0 aromatic heterocycles. The molecule has 2 aliphatic rings. The Bertz CT molecular complexity index is 631. The fourth-order valence-corrected chi connectivity index (χ4v) is 4.56. The minimum Gasteiger partial charge on any atom is -0.371 e. The monoisotopic (exact) mass is 457 g/mol. The molecule has 172 valence electrons. The maximum atomic E-state index is 12.5. The van der Waals surface area contributed by atoms with Crippen LogP contribution in [0.4, 0.5) is 5.69 Å². The number of carbonyl (C=O) groups is 1. The van der Waals surface area contributed by atoms with E-state index in [1.165, 1.54) is 24.1 Å². The molecule has 1 aromatic carbocycles. The standard InChI is InChI=1S/C24H39N3O.2ClH/c1-18(19-6-5-13-25-17-19)16-23(28)26-21-11-14-27(15-12-21)22-9-7-20(8-10-22)24(2,3)4;;/h7-10,18-19,21,25H,5-6,11-17H2,1-4H3,(H,26,28);2*1H. The molecule has 0 bridgehead atoms.